The predicted molar refractivity (Wildman–Crippen MR) is 105 cm³/mol. The van der Waals surface area contributed by atoms with Gasteiger partial charge in [-0.15, -0.1) is 12.4 Å². The van der Waals surface area contributed by atoms with Crippen LogP contribution in [0.15, 0.2) is 18.2 Å². The normalized spacial score (nSPS) is 20.2. The van der Waals surface area contributed by atoms with Crippen molar-refractivity contribution in [1.82, 2.24) is 10.6 Å². The van der Waals surface area contributed by atoms with E-state index in [0.717, 1.165) is 63.2 Å². The number of nitrogens with one attached hydrogen (secondary N) is 2. The monoisotopic (exact) mass is 382 g/mol. The van der Waals surface area contributed by atoms with Crippen LogP contribution < -0.4 is 20.1 Å². The number of rotatable bonds is 8. The number of piperidine rings is 1. The number of halogens is 1. The molecule has 1 unspecified atom stereocenters. The first-order valence-electron chi connectivity index (χ1n) is 9.46. The average molecular weight is 383 g/mol. The number of hydrogen-bond donors (Lipinski definition) is 2. The average Bonchev–Trinajstić information content (AvgIpc) is 3.32. The number of carbonyl (C=O) groups is 1. The van der Waals surface area contributed by atoms with Crippen LogP contribution in [0, 0.1) is 11.3 Å². The summed E-state index contributed by atoms with van der Waals surface area (Å²) in [6, 6.07) is 6.05. The van der Waals surface area contributed by atoms with Gasteiger partial charge in [0.05, 0.1) is 13.7 Å². The molecule has 0 aromatic heterocycles. The second-order valence-electron chi connectivity index (χ2n) is 7.18. The summed E-state index contributed by atoms with van der Waals surface area (Å²) in [4.78, 5) is 12.3. The van der Waals surface area contributed by atoms with Crippen molar-refractivity contribution < 1.29 is 14.3 Å². The molecule has 3 rings (SSSR count). The number of methoxy groups -OCH3 is 1. The van der Waals surface area contributed by atoms with Crippen LogP contribution in [0.5, 0.6) is 11.5 Å². The molecule has 1 saturated carbocycles. The van der Waals surface area contributed by atoms with E-state index in [1.54, 1.807) is 7.11 Å². The highest BCUT2D eigenvalue weighted by Crippen LogP contribution is 2.58. The Labute approximate surface area is 162 Å². The maximum absolute atomic E-state index is 12.3. The molecule has 1 aliphatic carbocycles. The highest BCUT2D eigenvalue weighted by atomic mass is 35.5. The van der Waals surface area contributed by atoms with Crippen molar-refractivity contribution >= 4 is 18.3 Å². The molecule has 146 valence electrons. The summed E-state index contributed by atoms with van der Waals surface area (Å²) in [6.45, 7) is 5.44. The van der Waals surface area contributed by atoms with Crippen molar-refractivity contribution in [2.75, 3.05) is 33.4 Å². The van der Waals surface area contributed by atoms with Gasteiger partial charge in [-0.3, -0.25) is 4.79 Å². The van der Waals surface area contributed by atoms with Gasteiger partial charge in [-0.25, -0.2) is 0 Å². The minimum Gasteiger partial charge on any atom is -0.493 e. The van der Waals surface area contributed by atoms with Crippen LogP contribution in [0.3, 0.4) is 0 Å². The number of benzene rings is 1. The Balaban J connectivity index is 0.00000243. The van der Waals surface area contributed by atoms with Gasteiger partial charge in [0.2, 0.25) is 5.91 Å². The molecule has 1 saturated heterocycles. The maximum Gasteiger partial charge on any atom is 0.223 e. The first-order chi connectivity index (χ1) is 12.2. The highest BCUT2D eigenvalue weighted by molar-refractivity contribution is 5.85. The van der Waals surface area contributed by atoms with E-state index in [4.69, 9.17) is 9.47 Å². The number of carbonyl (C=O) groups excluding carboxylic acids is 1. The Morgan fingerprint density at radius 3 is 2.77 bits per heavy atom. The van der Waals surface area contributed by atoms with Crippen LogP contribution in [-0.4, -0.2) is 39.3 Å². The zero-order chi connectivity index (χ0) is 17.7. The fourth-order valence-corrected chi connectivity index (χ4v) is 3.97. The minimum absolute atomic E-state index is 0. The van der Waals surface area contributed by atoms with Crippen molar-refractivity contribution in [3.8, 4) is 11.5 Å². The Morgan fingerprint density at radius 2 is 2.08 bits per heavy atom. The van der Waals surface area contributed by atoms with Gasteiger partial charge in [0.15, 0.2) is 11.5 Å². The van der Waals surface area contributed by atoms with E-state index in [0.29, 0.717) is 12.0 Å². The summed E-state index contributed by atoms with van der Waals surface area (Å²) in [7, 11) is 1.65. The van der Waals surface area contributed by atoms with Crippen LogP contribution in [0.4, 0.5) is 0 Å². The second kappa shape index (κ2) is 9.47. The molecule has 1 atom stereocenters. The van der Waals surface area contributed by atoms with Crippen LogP contribution in [0.25, 0.3) is 0 Å². The molecule has 26 heavy (non-hydrogen) atoms. The van der Waals surface area contributed by atoms with Crippen molar-refractivity contribution in [3.05, 3.63) is 23.8 Å². The fraction of sp³-hybridized carbons (Fsp3) is 0.650. The van der Waals surface area contributed by atoms with Gasteiger partial charge in [0, 0.05) is 12.5 Å². The van der Waals surface area contributed by atoms with E-state index in [-0.39, 0.29) is 24.2 Å². The zero-order valence-corrected chi connectivity index (χ0v) is 16.6. The molecule has 1 aliphatic heterocycles. The molecular weight excluding hydrogens is 352 g/mol. The first kappa shape index (κ1) is 20.8. The van der Waals surface area contributed by atoms with Crippen LogP contribution in [0.2, 0.25) is 0 Å². The molecular formula is C20H31ClN2O3. The summed E-state index contributed by atoms with van der Waals surface area (Å²) in [6.07, 6.45) is 5.24. The Bertz CT molecular complexity index is 603. The van der Waals surface area contributed by atoms with Gasteiger partial charge in [-0.2, -0.15) is 0 Å². The number of hydrogen-bond acceptors (Lipinski definition) is 4. The first-order valence-corrected chi connectivity index (χ1v) is 9.46. The summed E-state index contributed by atoms with van der Waals surface area (Å²) in [5.41, 5.74) is 1.53. The lowest BCUT2D eigenvalue weighted by atomic mass is 9.92. The summed E-state index contributed by atoms with van der Waals surface area (Å²) in [5.74, 6) is 2.06. The van der Waals surface area contributed by atoms with Gasteiger partial charge >= 0.3 is 0 Å². The molecule has 5 nitrogen and oxygen atoms in total. The third-order valence-electron chi connectivity index (χ3n) is 5.57. The lowest BCUT2D eigenvalue weighted by Gasteiger charge is -2.23. The standard InChI is InChI=1S/C20H30N2O3.ClH/c1-3-25-18-13-15(6-7-17(18)24-2)5-4-10-22-19(23)16-14-20(16)8-11-21-12-9-20;/h6-7,13,16,21H,3-5,8-12,14H2,1-2H3,(H,22,23);1H. The second-order valence-corrected chi connectivity index (χ2v) is 7.18. The molecule has 6 heteroatoms. The Kier molecular flexibility index (Phi) is 7.59. The molecule has 2 aliphatic rings. The van der Waals surface area contributed by atoms with Crippen molar-refractivity contribution in [2.24, 2.45) is 11.3 Å². The van der Waals surface area contributed by atoms with Gasteiger partial charge in [0.1, 0.15) is 0 Å². The molecule has 2 fully saturated rings. The SMILES string of the molecule is CCOc1cc(CCCNC(=O)C2CC23CCNCC3)ccc1OC.Cl. The van der Waals surface area contributed by atoms with E-state index in [1.165, 1.54) is 5.56 Å². The molecule has 1 aromatic rings. The molecule has 1 amide bonds. The van der Waals surface area contributed by atoms with Gasteiger partial charge in [-0.1, -0.05) is 6.07 Å². The summed E-state index contributed by atoms with van der Waals surface area (Å²) in [5, 5.41) is 6.51. The molecule has 0 radical (unpaired) electrons. The van der Waals surface area contributed by atoms with E-state index in [1.807, 2.05) is 19.1 Å². The van der Waals surface area contributed by atoms with Crippen LogP contribution in [0.1, 0.15) is 38.2 Å². The van der Waals surface area contributed by atoms with Crippen LogP contribution >= 0.6 is 12.4 Å². The van der Waals surface area contributed by atoms with Gasteiger partial charge < -0.3 is 20.1 Å². The van der Waals surface area contributed by atoms with Gasteiger partial charge in [-0.05, 0) is 75.2 Å². The van der Waals surface area contributed by atoms with E-state index < -0.39 is 0 Å². The van der Waals surface area contributed by atoms with E-state index >= 15 is 0 Å². The lowest BCUT2D eigenvalue weighted by Crippen LogP contribution is -2.34. The van der Waals surface area contributed by atoms with E-state index in [2.05, 4.69) is 16.7 Å². The molecule has 1 heterocycles. The minimum atomic E-state index is 0. The maximum atomic E-state index is 12.3. The molecule has 1 aromatic carbocycles. The smallest absolute Gasteiger partial charge is 0.223 e. The molecule has 0 bridgehead atoms. The lowest BCUT2D eigenvalue weighted by molar-refractivity contribution is -0.123. The third kappa shape index (κ3) is 4.83. The fourth-order valence-electron chi connectivity index (χ4n) is 3.97. The highest BCUT2D eigenvalue weighted by Gasteiger charge is 2.57. The summed E-state index contributed by atoms with van der Waals surface area (Å²) < 4.78 is 10.9. The van der Waals surface area contributed by atoms with Crippen molar-refractivity contribution in [2.45, 2.75) is 39.0 Å². The summed E-state index contributed by atoms with van der Waals surface area (Å²) >= 11 is 0. The van der Waals surface area contributed by atoms with Crippen molar-refractivity contribution in [1.29, 1.82) is 0 Å². The number of aryl methyl sites for hydroxylation is 1. The molecule has 1 spiro atoms. The van der Waals surface area contributed by atoms with Gasteiger partial charge in [0.25, 0.3) is 0 Å². The quantitative estimate of drug-likeness (QED) is 0.678. The number of amides is 1. The molecule has 2 N–H and O–H groups in total. The largest absolute Gasteiger partial charge is 0.493 e. The Morgan fingerprint density at radius 1 is 1.31 bits per heavy atom. The Hall–Kier alpha value is -1.46. The third-order valence-corrected chi connectivity index (χ3v) is 5.57. The topological polar surface area (TPSA) is 59.6 Å². The van der Waals surface area contributed by atoms with Crippen LogP contribution in [-0.2, 0) is 11.2 Å². The predicted octanol–water partition coefficient (Wildman–Crippen LogP) is 2.95. The van der Waals surface area contributed by atoms with Crippen molar-refractivity contribution in [3.63, 3.8) is 0 Å². The number of ether oxygens (including phenoxy) is 2. The van der Waals surface area contributed by atoms with E-state index in [9.17, 15) is 4.79 Å². The zero-order valence-electron chi connectivity index (χ0n) is 15.8.